The van der Waals surface area contributed by atoms with E-state index in [9.17, 15) is 14.4 Å². The third kappa shape index (κ3) is 2.53. The normalized spacial score (nSPS) is 28.2. The molecule has 3 aliphatic rings. The predicted octanol–water partition coefficient (Wildman–Crippen LogP) is 1.77. The fourth-order valence-corrected chi connectivity index (χ4v) is 4.66. The van der Waals surface area contributed by atoms with Gasteiger partial charge in [-0.3, -0.25) is 29.3 Å². The van der Waals surface area contributed by atoms with E-state index in [0.29, 0.717) is 11.2 Å². The van der Waals surface area contributed by atoms with E-state index in [1.54, 1.807) is 30.6 Å². The van der Waals surface area contributed by atoms with Gasteiger partial charge in [-0.05, 0) is 36.5 Å². The van der Waals surface area contributed by atoms with Gasteiger partial charge in [-0.25, -0.2) is 0 Å². The van der Waals surface area contributed by atoms with Crippen LogP contribution in [0, 0.1) is 23.7 Å². The first-order valence-corrected chi connectivity index (χ1v) is 9.16. The molecule has 1 saturated heterocycles. The Morgan fingerprint density at radius 3 is 2.41 bits per heavy atom. The van der Waals surface area contributed by atoms with Gasteiger partial charge in [0.25, 0.3) is 0 Å². The van der Waals surface area contributed by atoms with Crippen molar-refractivity contribution in [2.45, 2.75) is 12.8 Å². The second-order valence-corrected chi connectivity index (χ2v) is 7.39. The van der Waals surface area contributed by atoms with Crippen molar-refractivity contribution in [2.24, 2.45) is 23.7 Å². The van der Waals surface area contributed by atoms with Crippen molar-refractivity contribution in [3.63, 3.8) is 0 Å². The molecule has 2 heterocycles. The van der Waals surface area contributed by atoms with Crippen molar-refractivity contribution in [3.8, 4) is 0 Å². The Hall–Kier alpha value is -3.09. The molecule has 2 fully saturated rings. The molecule has 5 rings (SSSR count). The second kappa shape index (κ2) is 5.97. The van der Waals surface area contributed by atoms with Crippen LogP contribution in [-0.4, -0.2) is 39.1 Å². The summed E-state index contributed by atoms with van der Waals surface area (Å²) < 4.78 is 0. The van der Waals surface area contributed by atoms with Crippen molar-refractivity contribution in [3.05, 3.63) is 42.7 Å². The molecule has 7 nitrogen and oxygen atoms in total. The maximum absolute atomic E-state index is 12.6. The van der Waals surface area contributed by atoms with E-state index >= 15 is 0 Å². The van der Waals surface area contributed by atoms with E-state index in [-0.39, 0.29) is 54.4 Å². The Morgan fingerprint density at radius 1 is 1.04 bits per heavy atom. The third-order valence-electron chi connectivity index (χ3n) is 5.88. The smallest absolute Gasteiger partial charge is 0.233 e. The van der Waals surface area contributed by atoms with Crippen molar-refractivity contribution < 1.29 is 14.4 Å². The first kappa shape index (κ1) is 16.1. The van der Waals surface area contributed by atoms with E-state index in [1.807, 2.05) is 0 Å². The minimum Gasteiger partial charge on any atom is -0.326 e. The average molecular weight is 362 g/mol. The Labute approximate surface area is 155 Å². The predicted molar refractivity (Wildman–Crippen MR) is 97.2 cm³/mol. The van der Waals surface area contributed by atoms with Gasteiger partial charge in [0.15, 0.2) is 0 Å². The molecule has 1 saturated carbocycles. The number of carbonyl (C=O) groups excluding carboxylic acids is 3. The number of aromatic nitrogens is 2. The monoisotopic (exact) mass is 362 g/mol. The summed E-state index contributed by atoms with van der Waals surface area (Å²) >= 11 is 0. The lowest BCUT2D eigenvalue weighted by atomic mass is 9.85. The fraction of sp³-hybridized carbons (Fsp3) is 0.350. The van der Waals surface area contributed by atoms with Crippen LogP contribution >= 0.6 is 0 Å². The zero-order valence-corrected chi connectivity index (χ0v) is 14.5. The largest absolute Gasteiger partial charge is 0.326 e. The summed E-state index contributed by atoms with van der Waals surface area (Å²) in [6.45, 7) is 0.128. The molecule has 0 spiro atoms. The zero-order chi connectivity index (χ0) is 18.5. The summed E-state index contributed by atoms with van der Waals surface area (Å²) in [6.07, 6.45) is 8.33. The molecule has 1 aromatic heterocycles. The lowest BCUT2D eigenvalue weighted by Gasteiger charge is -2.17. The topological polar surface area (TPSA) is 92.3 Å². The van der Waals surface area contributed by atoms with Gasteiger partial charge in [-0.1, -0.05) is 12.2 Å². The summed E-state index contributed by atoms with van der Waals surface area (Å²) in [4.78, 5) is 47.2. The van der Waals surface area contributed by atoms with Gasteiger partial charge in [0.05, 0.1) is 22.9 Å². The number of carbonyl (C=O) groups is 3. The van der Waals surface area contributed by atoms with Crippen LogP contribution in [0.25, 0.3) is 11.0 Å². The highest BCUT2D eigenvalue weighted by molar-refractivity contribution is 6.06. The SMILES string of the molecule is O=C(CCN1C(=O)[C@@H]2[C@@H](C1=O)[C@H]1C=C[C@H]2C1)Nc1ccc2nccnc2c1. The molecule has 2 aromatic rings. The first-order valence-electron chi connectivity index (χ1n) is 9.16. The number of nitrogens with zero attached hydrogens (tertiary/aromatic N) is 3. The van der Waals surface area contributed by atoms with E-state index in [1.165, 1.54) is 4.90 Å². The third-order valence-corrected chi connectivity index (χ3v) is 5.88. The van der Waals surface area contributed by atoms with Gasteiger partial charge >= 0.3 is 0 Å². The summed E-state index contributed by atoms with van der Waals surface area (Å²) in [5, 5.41) is 2.80. The van der Waals surface area contributed by atoms with Gasteiger partial charge in [0.2, 0.25) is 17.7 Å². The highest BCUT2D eigenvalue weighted by atomic mass is 16.2. The summed E-state index contributed by atoms with van der Waals surface area (Å²) in [5.74, 6) is -0.518. The quantitative estimate of drug-likeness (QED) is 0.661. The Kier molecular flexibility index (Phi) is 3.56. The van der Waals surface area contributed by atoms with Crippen LogP contribution in [0.15, 0.2) is 42.7 Å². The molecule has 0 unspecified atom stereocenters. The number of fused-ring (bicyclic) bond motifs is 6. The van der Waals surface area contributed by atoms with Crippen LogP contribution in [0.3, 0.4) is 0 Å². The molecular weight excluding hydrogens is 344 g/mol. The highest BCUT2D eigenvalue weighted by Crippen LogP contribution is 2.52. The maximum Gasteiger partial charge on any atom is 0.233 e. The number of amides is 3. The molecular formula is C20H18N4O3. The van der Waals surface area contributed by atoms with E-state index in [2.05, 4.69) is 27.4 Å². The number of likely N-dealkylation sites (tertiary alicyclic amines) is 1. The Morgan fingerprint density at radius 2 is 1.70 bits per heavy atom. The maximum atomic E-state index is 12.6. The van der Waals surface area contributed by atoms with E-state index in [4.69, 9.17) is 0 Å². The lowest BCUT2D eigenvalue weighted by molar-refractivity contribution is -0.140. The standard InChI is InChI=1S/C20H18N4O3/c25-16(23-13-3-4-14-15(10-13)22-7-6-21-14)5-8-24-19(26)17-11-1-2-12(9-11)18(17)20(24)27/h1-4,6-7,10-12,17-18H,5,8-9H2,(H,23,25)/t11-,12-,17-,18-/m0/s1. The number of rotatable bonds is 4. The van der Waals surface area contributed by atoms with Crippen molar-refractivity contribution in [1.29, 1.82) is 0 Å². The van der Waals surface area contributed by atoms with Gasteiger partial charge in [0.1, 0.15) is 0 Å². The molecule has 1 N–H and O–H groups in total. The van der Waals surface area contributed by atoms with Crippen molar-refractivity contribution >= 4 is 34.4 Å². The van der Waals surface area contributed by atoms with Gasteiger partial charge in [0, 0.05) is 31.0 Å². The van der Waals surface area contributed by atoms with Crippen LogP contribution in [-0.2, 0) is 14.4 Å². The van der Waals surface area contributed by atoms with Crippen LogP contribution in [0.4, 0.5) is 5.69 Å². The zero-order valence-electron chi connectivity index (χ0n) is 14.5. The Balaban J connectivity index is 1.23. The summed E-state index contributed by atoms with van der Waals surface area (Å²) in [6, 6.07) is 5.30. The molecule has 27 heavy (non-hydrogen) atoms. The molecule has 2 aliphatic carbocycles. The molecule has 4 atom stereocenters. The number of allylic oxidation sites excluding steroid dienone is 2. The molecule has 3 amide bonds. The van der Waals surface area contributed by atoms with E-state index in [0.717, 1.165) is 11.9 Å². The van der Waals surface area contributed by atoms with Crippen molar-refractivity contribution in [1.82, 2.24) is 14.9 Å². The molecule has 1 aromatic carbocycles. The second-order valence-electron chi connectivity index (χ2n) is 7.39. The minimum absolute atomic E-state index is 0.0815. The van der Waals surface area contributed by atoms with Gasteiger partial charge in [-0.15, -0.1) is 0 Å². The van der Waals surface area contributed by atoms with E-state index < -0.39 is 0 Å². The van der Waals surface area contributed by atoms with Gasteiger partial charge in [-0.2, -0.15) is 0 Å². The fourth-order valence-electron chi connectivity index (χ4n) is 4.66. The average Bonchev–Trinajstić information content (AvgIpc) is 3.35. The van der Waals surface area contributed by atoms with Crippen LogP contribution in [0.2, 0.25) is 0 Å². The summed E-state index contributed by atoms with van der Waals surface area (Å²) in [5.41, 5.74) is 2.06. The van der Waals surface area contributed by atoms with Crippen LogP contribution in [0.1, 0.15) is 12.8 Å². The lowest BCUT2D eigenvalue weighted by Crippen LogP contribution is -2.35. The number of anilines is 1. The molecule has 7 heteroatoms. The Bertz CT molecular complexity index is 972. The van der Waals surface area contributed by atoms with Crippen LogP contribution < -0.4 is 5.32 Å². The number of imide groups is 1. The van der Waals surface area contributed by atoms with Gasteiger partial charge < -0.3 is 5.32 Å². The number of benzene rings is 1. The molecule has 0 radical (unpaired) electrons. The molecule has 2 bridgehead atoms. The highest BCUT2D eigenvalue weighted by Gasteiger charge is 2.58. The summed E-state index contributed by atoms with van der Waals surface area (Å²) in [7, 11) is 0. The first-order chi connectivity index (χ1) is 13.1. The van der Waals surface area contributed by atoms with Crippen molar-refractivity contribution in [2.75, 3.05) is 11.9 Å². The molecule has 136 valence electrons. The molecule has 1 aliphatic heterocycles. The number of hydrogen-bond donors (Lipinski definition) is 1. The minimum atomic E-state index is -0.239. The number of hydrogen-bond acceptors (Lipinski definition) is 5. The number of nitrogens with one attached hydrogen (secondary N) is 1. The van der Waals surface area contributed by atoms with Crippen LogP contribution in [0.5, 0.6) is 0 Å².